The largest absolute Gasteiger partial charge is 0.496 e. The molecule has 2 aromatic carbocycles. The van der Waals surface area contributed by atoms with Crippen molar-refractivity contribution < 1.29 is 23.5 Å². The predicted molar refractivity (Wildman–Crippen MR) is 80.3 cm³/mol. The summed E-state index contributed by atoms with van der Waals surface area (Å²) >= 11 is 0. The number of benzene rings is 2. The van der Waals surface area contributed by atoms with Gasteiger partial charge in [-0.25, -0.2) is 0 Å². The van der Waals surface area contributed by atoms with Crippen LogP contribution < -0.4 is 14.8 Å². The summed E-state index contributed by atoms with van der Waals surface area (Å²) in [5.74, 6) is 1.01. The minimum atomic E-state index is -3.93. The lowest BCUT2D eigenvalue weighted by atomic mass is 10.3. The second-order valence-electron chi connectivity index (χ2n) is 4.19. The highest BCUT2D eigenvalue weighted by Crippen LogP contribution is 2.43. The van der Waals surface area contributed by atoms with Gasteiger partial charge in [0, 0.05) is 0 Å². The van der Waals surface area contributed by atoms with Crippen LogP contribution in [0.5, 0.6) is 11.5 Å². The quantitative estimate of drug-likeness (QED) is 0.629. The summed E-state index contributed by atoms with van der Waals surface area (Å²) in [6.45, 7) is 0.185. The predicted octanol–water partition coefficient (Wildman–Crippen LogP) is 2.60. The summed E-state index contributed by atoms with van der Waals surface area (Å²) in [5, 5.41) is 0.146. The number of methoxy groups -OCH3 is 1. The van der Waals surface area contributed by atoms with Crippen molar-refractivity contribution >= 4 is 12.9 Å². The van der Waals surface area contributed by atoms with Gasteiger partial charge in [0.2, 0.25) is 0 Å². The highest BCUT2D eigenvalue weighted by atomic mass is 31.2. The van der Waals surface area contributed by atoms with E-state index in [2.05, 4.69) is 0 Å². The number of para-hydroxylation sites is 2. The molecular formula is C15H17O5P. The SMILES string of the molecule is COc1ccccc1P(=O)(O)OCCOc1ccccc1. The van der Waals surface area contributed by atoms with Crippen molar-refractivity contribution in [2.75, 3.05) is 20.3 Å². The monoisotopic (exact) mass is 308 g/mol. The average Bonchev–Trinajstić information content (AvgIpc) is 2.52. The molecule has 112 valence electrons. The Morgan fingerprint density at radius 2 is 1.67 bits per heavy atom. The molecule has 5 nitrogen and oxygen atoms in total. The van der Waals surface area contributed by atoms with Gasteiger partial charge in [-0.3, -0.25) is 4.57 Å². The van der Waals surface area contributed by atoms with Gasteiger partial charge < -0.3 is 18.9 Å². The summed E-state index contributed by atoms with van der Waals surface area (Å²) < 4.78 is 27.8. The fourth-order valence-electron chi connectivity index (χ4n) is 1.77. The Bertz CT molecular complexity index is 614. The van der Waals surface area contributed by atoms with Gasteiger partial charge in [0.25, 0.3) is 0 Å². The Hall–Kier alpha value is -1.81. The van der Waals surface area contributed by atoms with Crippen molar-refractivity contribution in [1.29, 1.82) is 0 Å². The maximum absolute atomic E-state index is 12.2. The van der Waals surface area contributed by atoms with Gasteiger partial charge in [0.15, 0.2) is 0 Å². The van der Waals surface area contributed by atoms with Crippen LogP contribution in [-0.2, 0) is 9.09 Å². The maximum atomic E-state index is 12.2. The minimum Gasteiger partial charge on any atom is -0.496 e. The number of hydrogen-bond acceptors (Lipinski definition) is 4. The van der Waals surface area contributed by atoms with Crippen LogP contribution in [0.15, 0.2) is 54.6 Å². The molecule has 2 rings (SSSR count). The molecule has 0 saturated carbocycles. The Morgan fingerprint density at radius 1 is 1.00 bits per heavy atom. The molecule has 0 bridgehead atoms. The lowest BCUT2D eigenvalue weighted by Crippen LogP contribution is -2.13. The summed E-state index contributed by atoms with van der Waals surface area (Å²) in [7, 11) is -2.48. The molecule has 2 aromatic rings. The smallest absolute Gasteiger partial charge is 0.362 e. The molecular weight excluding hydrogens is 291 g/mol. The van der Waals surface area contributed by atoms with E-state index in [1.807, 2.05) is 18.2 Å². The number of rotatable bonds is 7. The first-order chi connectivity index (χ1) is 10.1. The topological polar surface area (TPSA) is 65.0 Å². The molecule has 6 heteroatoms. The lowest BCUT2D eigenvalue weighted by Gasteiger charge is -2.15. The normalized spacial score (nSPS) is 13.4. The molecule has 0 amide bonds. The van der Waals surface area contributed by atoms with Gasteiger partial charge in [0.05, 0.1) is 13.7 Å². The zero-order valence-electron chi connectivity index (χ0n) is 11.6. The van der Waals surface area contributed by atoms with Crippen LogP contribution >= 0.6 is 7.60 Å². The third-order valence-electron chi connectivity index (χ3n) is 2.75. The summed E-state index contributed by atoms with van der Waals surface area (Å²) in [5.41, 5.74) is 0. The fraction of sp³-hybridized carbons (Fsp3) is 0.200. The second kappa shape index (κ2) is 7.27. The van der Waals surface area contributed by atoms with E-state index < -0.39 is 7.60 Å². The maximum Gasteiger partial charge on any atom is 0.362 e. The molecule has 0 fully saturated rings. The van der Waals surface area contributed by atoms with E-state index in [0.717, 1.165) is 0 Å². The van der Waals surface area contributed by atoms with Crippen LogP contribution in [0.3, 0.4) is 0 Å². The molecule has 0 aromatic heterocycles. The molecule has 0 saturated heterocycles. The van der Waals surface area contributed by atoms with Gasteiger partial charge in [-0.05, 0) is 24.3 Å². The van der Waals surface area contributed by atoms with E-state index in [9.17, 15) is 9.46 Å². The lowest BCUT2D eigenvalue weighted by molar-refractivity contribution is 0.200. The standard InChI is InChI=1S/C15H17O5P/c1-18-14-9-5-6-10-15(14)21(16,17)20-12-11-19-13-7-3-2-4-8-13/h2-10H,11-12H2,1H3,(H,16,17). The Morgan fingerprint density at radius 3 is 2.38 bits per heavy atom. The highest BCUT2D eigenvalue weighted by molar-refractivity contribution is 7.61. The summed E-state index contributed by atoms with van der Waals surface area (Å²) in [4.78, 5) is 9.99. The number of ether oxygens (including phenoxy) is 2. The minimum absolute atomic E-state index is 0.000715. The highest BCUT2D eigenvalue weighted by Gasteiger charge is 2.26. The third-order valence-corrected chi connectivity index (χ3v) is 4.26. The van der Waals surface area contributed by atoms with Gasteiger partial charge in [-0.2, -0.15) is 0 Å². The second-order valence-corrected chi connectivity index (χ2v) is 5.97. The fourth-order valence-corrected chi connectivity index (χ4v) is 2.95. The molecule has 0 radical (unpaired) electrons. The van der Waals surface area contributed by atoms with Crippen LogP contribution in [-0.4, -0.2) is 25.2 Å². The van der Waals surface area contributed by atoms with E-state index in [0.29, 0.717) is 11.5 Å². The summed E-state index contributed by atoms with van der Waals surface area (Å²) in [6, 6.07) is 15.7. The molecule has 0 aliphatic carbocycles. The van der Waals surface area contributed by atoms with Crippen molar-refractivity contribution in [2.45, 2.75) is 0 Å². The van der Waals surface area contributed by atoms with E-state index in [1.165, 1.54) is 13.2 Å². The Balaban J connectivity index is 1.91. The molecule has 1 atom stereocenters. The van der Waals surface area contributed by atoms with E-state index in [4.69, 9.17) is 14.0 Å². The molecule has 21 heavy (non-hydrogen) atoms. The van der Waals surface area contributed by atoms with Gasteiger partial charge in [-0.15, -0.1) is 0 Å². The van der Waals surface area contributed by atoms with Crippen molar-refractivity contribution in [1.82, 2.24) is 0 Å². The van der Waals surface area contributed by atoms with Crippen LogP contribution in [0, 0.1) is 0 Å². The van der Waals surface area contributed by atoms with Crippen LogP contribution in [0.25, 0.3) is 0 Å². The molecule has 0 spiro atoms. The zero-order chi connectivity index (χ0) is 15.1. The average molecular weight is 308 g/mol. The van der Waals surface area contributed by atoms with Crippen molar-refractivity contribution in [3.8, 4) is 11.5 Å². The first kappa shape index (κ1) is 15.6. The Kier molecular flexibility index (Phi) is 5.39. The van der Waals surface area contributed by atoms with Crippen molar-refractivity contribution in [3.63, 3.8) is 0 Å². The van der Waals surface area contributed by atoms with Gasteiger partial charge in [-0.1, -0.05) is 30.3 Å². The van der Waals surface area contributed by atoms with Crippen molar-refractivity contribution in [2.24, 2.45) is 0 Å². The van der Waals surface area contributed by atoms with Gasteiger partial charge >= 0.3 is 7.60 Å². The Labute approximate surface area is 123 Å². The molecule has 1 N–H and O–H groups in total. The summed E-state index contributed by atoms with van der Waals surface area (Å²) in [6.07, 6.45) is 0. The van der Waals surface area contributed by atoms with Crippen LogP contribution in [0.2, 0.25) is 0 Å². The van der Waals surface area contributed by atoms with Crippen LogP contribution in [0.4, 0.5) is 0 Å². The first-order valence-corrected chi connectivity index (χ1v) is 8.00. The van der Waals surface area contributed by atoms with E-state index in [1.54, 1.807) is 30.3 Å². The first-order valence-electron chi connectivity index (χ1n) is 6.42. The molecule has 0 aliphatic rings. The number of hydrogen-bond donors (Lipinski definition) is 1. The van der Waals surface area contributed by atoms with E-state index >= 15 is 0 Å². The molecule has 0 aliphatic heterocycles. The third kappa shape index (κ3) is 4.33. The van der Waals surface area contributed by atoms with E-state index in [-0.39, 0.29) is 18.5 Å². The van der Waals surface area contributed by atoms with Gasteiger partial charge in [0.1, 0.15) is 23.4 Å². The van der Waals surface area contributed by atoms with Crippen molar-refractivity contribution in [3.05, 3.63) is 54.6 Å². The zero-order valence-corrected chi connectivity index (χ0v) is 12.5. The van der Waals surface area contributed by atoms with Crippen LogP contribution in [0.1, 0.15) is 0 Å². The molecule has 1 unspecified atom stereocenters. The molecule has 0 heterocycles.